The number of aryl methyl sites for hydroxylation is 3. The third-order valence-corrected chi connectivity index (χ3v) is 4.82. The molecule has 1 aromatic carbocycles. The van der Waals surface area contributed by atoms with Gasteiger partial charge in [0.1, 0.15) is 0 Å². The van der Waals surface area contributed by atoms with Gasteiger partial charge in [0.15, 0.2) is 0 Å². The highest BCUT2D eigenvalue weighted by molar-refractivity contribution is 5.96. The van der Waals surface area contributed by atoms with Crippen LogP contribution in [-0.4, -0.2) is 73.0 Å². The second-order valence-corrected chi connectivity index (χ2v) is 7.14. The lowest BCUT2D eigenvalue weighted by atomic mass is 10.0. The van der Waals surface area contributed by atoms with E-state index in [-0.39, 0.29) is 18.0 Å². The number of anilines is 1. The molecule has 1 heterocycles. The minimum Gasteiger partial charge on any atom is -0.331 e. The summed E-state index contributed by atoms with van der Waals surface area (Å²) >= 11 is 0. The van der Waals surface area contributed by atoms with Crippen molar-refractivity contribution in [3.63, 3.8) is 0 Å². The van der Waals surface area contributed by atoms with Crippen LogP contribution in [0, 0.1) is 20.8 Å². The second kappa shape index (κ2) is 7.87. The lowest BCUT2D eigenvalue weighted by molar-refractivity contribution is -0.121. The van der Waals surface area contributed by atoms with Crippen LogP contribution in [0.25, 0.3) is 0 Å². The lowest BCUT2D eigenvalue weighted by Gasteiger charge is -2.38. The van der Waals surface area contributed by atoms with Crippen LogP contribution in [0.2, 0.25) is 0 Å². The first-order valence-electron chi connectivity index (χ1n) is 8.79. The number of hydrogen-bond acceptors (Lipinski definition) is 3. The first kappa shape index (κ1) is 19.2. The summed E-state index contributed by atoms with van der Waals surface area (Å²) in [6, 6.07) is 3.97. The fourth-order valence-corrected chi connectivity index (χ4v) is 3.35. The van der Waals surface area contributed by atoms with E-state index in [1.807, 2.05) is 25.7 Å². The number of carbonyl (C=O) groups is 2. The number of piperazine rings is 1. The second-order valence-electron chi connectivity index (χ2n) is 7.14. The van der Waals surface area contributed by atoms with Gasteiger partial charge in [0.25, 0.3) is 0 Å². The number of hydrogen-bond donors (Lipinski definition) is 1. The number of benzene rings is 1. The van der Waals surface area contributed by atoms with Gasteiger partial charge in [-0.05, 0) is 38.8 Å². The van der Waals surface area contributed by atoms with Gasteiger partial charge < -0.3 is 15.1 Å². The van der Waals surface area contributed by atoms with E-state index in [1.165, 1.54) is 5.56 Å². The van der Waals surface area contributed by atoms with Gasteiger partial charge in [-0.3, -0.25) is 9.69 Å². The third kappa shape index (κ3) is 4.51. The van der Waals surface area contributed by atoms with Gasteiger partial charge in [-0.1, -0.05) is 17.7 Å². The topological polar surface area (TPSA) is 55.9 Å². The summed E-state index contributed by atoms with van der Waals surface area (Å²) in [6.07, 6.45) is 0. The molecule has 6 nitrogen and oxygen atoms in total. The van der Waals surface area contributed by atoms with Crippen molar-refractivity contribution in [3.05, 3.63) is 28.8 Å². The Morgan fingerprint density at radius 1 is 1.04 bits per heavy atom. The van der Waals surface area contributed by atoms with Crippen molar-refractivity contribution >= 4 is 17.6 Å². The standard InChI is InChI=1S/C19H30N4O2/c1-13-11-14(2)17(15(3)12-13)20-18(24)16(4)22-7-9-23(10-8-22)19(25)21(5)6/h11-12,16H,7-10H2,1-6H3,(H,20,24). The number of nitrogens with zero attached hydrogens (tertiary/aromatic N) is 3. The minimum absolute atomic E-state index is 0.00226. The predicted molar refractivity (Wildman–Crippen MR) is 101 cm³/mol. The van der Waals surface area contributed by atoms with Gasteiger partial charge >= 0.3 is 6.03 Å². The molecule has 0 bridgehead atoms. The summed E-state index contributed by atoms with van der Waals surface area (Å²) < 4.78 is 0. The number of rotatable bonds is 3. The monoisotopic (exact) mass is 346 g/mol. The van der Waals surface area contributed by atoms with Gasteiger partial charge in [0, 0.05) is 46.0 Å². The van der Waals surface area contributed by atoms with E-state index in [0.717, 1.165) is 16.8 Å². The van der Waals surface area contributed by atoms with Crippen LogP contribution in [-0.2, 0) is 4.79 Å². The van der Waals surface area contributed by atoms with Crippen molar-refractivity contribution in [2.75, 3.05) is 45.6 Å². The highest BCUT2D eigenvalue weighted by atomic mass is 16.2. The number of amides is 3. The smallest absolute Gasteiger partial charge is 0.319 e. The van der Waals surface area contributed by atoms with Crippen molar-refractivity contribution in [2.45, 2.75) is 33.7 Å². The zero-order chi connectivity index (χ0) is 18.7. The molecule has 2 rings (SSSR count). The largest absolute Gasteiger partial charge is 0.331 e. The van der Waals surface area contributed by atoms with Gasteiger partial charge in [-0.15, -0.1) is 0 Å². The van der Waals surface area contributed by atoms with E-state index in [9.17, 15) is 9.59 Å². The summed E-state index contributed by atoms with van der Waals surface area (Å²) in [5, 5.41) is 3.09. The number of carbonyl (C=O) groups excluding carboxylic acids is 2. The van der Waals surface area contributed by atoms with Crippen LogP contribution in [0.3, 0.4) is 0 Å². The zero-order valence-electron chi connectivity index (χ0n) is 16.2. The highest BCUT2D eigenvalue weighted by Gasteiger charge is 2.28. The van der Waals surface area contributed by atoms with Crippen LogP contribution in [0.4, 0.5) is 10.5 Å². The first-order chi connectivity index (χ1) is 11.7. The molecule has 1 atom stereocenters. The molecule has 0 saturated carbocycles. The molecule has 1 aromatic rings. The molecular formula is C19H30N4O2. The van der Waals surface area contributed by atoms with Crippen molar-refractivity contribution in [2.24, 2.45) is 0 Å². The maximum Gasteiger partial charge on any atom is 0.319 e. The van der Waals surface area contributed by atoms with Crippen molar-refractivity contribution in [3.8, 4) is 0 Å². The number of nitrogens with one attached hydrogen (secondary N) is 1. The lowest BCUT2D eigenvalue weighted by Crippen LogP contribution is -2.55. The Labute approximate surface area is 150 Å². The van der Waals surface area contributed by atoms with Crippen LogP contribution in [0.5, 0.6) is 0 Å². The fraction of sp³-hybridized carbons (Fsp3) is 0.579. The summed E-state index contributed by atoms with van der Waals surface area (Å²) in [7, 11) is 3.52. The molecule has 1 N–H and O–H groups in total. The van der Waals surface area contributed by atoms with E-state index in [4.69, 9.17) is 0 Å². The van der Waals surface area contributed by atoms with E-state index in [0.29, 0.717) is 26.2 Å². The number of urea groups is 1. The first-order valence-corrected chi connectivity index (χ1v) is 8.79. The molecule has 6 heteroatoms. The van der Waals surface area contributed by atoms with Gasteiger partial charge in [0.2, 0.25) is 5.91 Å². The molecule has 0 aromatic heterocycles. The SMILES string of the molecule is Cc1cc(C)c(NC(=O)C(C)N2CCN(C(=O)N(C)C)CC2)c(C)c1. The Bertz CT molecular complexity index is 626. The highest BCUT2D eigenvalue weighted by Crippen LogP contribution is 2.22. The maximum absolute atomic E-state index is 12.7. The zero-order valence-corrected chi connectivity index (χ0v) is 16.2. The molecule has 0 spiro atoms. The Hall–Kier alpha value is -2.08. The molecule has 3 amide bonds. The molecule has 1 saturated heterocycles. The molecule has 1 fully saturated rings. The average Bonchev–Trinajstić information content (AvgIpc) is 2.56. The molecule has 1 unspecified atom stereocenters. The fourth-order valence-electron chi connectivity index (χ4n) is 3.35. The van der Waals surface area contributed by atoms with E-state index in [1.54, 1.807) is 19.0 Å². The van der Waals surface area contributed by atoms with Crippen molar-refractivity contribution in [1.82, 2.24) is 14.7 Å². The van der Waals surface area contributed by atoms with E-state index in [2.05, 4.69) is 29.3 Å². The Morgan fingerprint density at radius 2 is 1.56 bits per heavy atom. The normalized spacial score (nSPS) is 16.5. The molecular weight excluding hydrogens is 316 g/mol. The van der Waals surface area contributed by atoms with Crippen LogP contribution in [0.15, 0.2) is 12.1 Å². The summed E-state index contributed by atoms with van der Waals surface area (Å²) in [5.74, 6) is 0.00226. The molecule has 25 heavy (non-hydrogen) atoms. The molecule has 1 aliphatic heterocycles. The summed E-state index contributed by atoms with van der Waals surface area (Å²) in [5.41, 5.74) is 4.27. The maximum atomic E-state index is 12.7. The van der Waals surface area contributed by atoms with Crippen LogP contribution in [0.1, 0.15) is 23.6 Å². The molecule has 138 valence electrons. The molecule has 0 radical (unpaired) electrons. The predicted octanol–water partition coefficient (Wildman–Crippen LogP) is 2.24. The van der Waals surface area contributed by atoms with Crippen LogP contribution < -0.4 is 5.32 Å². The quantitative estimate of drug-likeness (QED) is 0.913. The molecule has 0 aliphatic carbocycles. The van der Waals surface area contributed by atoms with Crippen LogP contribution >= 0.6 is 0 Å². The van der Waals surface area contributed by atoms with E-state index < -0.39 is 0 Å². The average molecular weight is 346 g/mol. The third-order valence-electron chi connectivity index (χ3n) is 4.82. The van der Waals surface area contributed by atoms with Crippen molar-refractivity contribution < 1.29 is 9.59 Å². The Balaban J connectivity index is 1.97. The Kier molecular flexibility index (Phi) is 6.06. The van der Waals surface area contributed by atoms with Gasteiger partial charge in [0.05, 0.1) is 6.04 Å². The summed E-state index contributed by atoms with van der Waals surface area (Å²) in [6.45, 7) is 10.7. The van der Waals surface area contributed by atoms with Crippen molar-refractivity contribution in [1.29, 1.82) is 0 Å². The molecule has 1 aliphatic rings. The van der Waals surface area contributed by atoms with E-state index >= 15 is 0 Å². The minimum atomic E-state index is -0.225. The van der Waals surface area contributed by atoms with Gasteiger partial charge in [-0.2, -0.15) is 0 Å². The Morgan fingerprint density at radius 3 is 2.04 bits per heavy atom. The summed E-state index contributed by atoms with van der Waals surface area (Å²) in [4.78, 5) is 30.2. The van der Waals surface area contributed by atoms with Gasteiger partial charge in [-0.25, -0.2) is 4.79 Å².